The molecule has 0 bridgehead atoms. The lowest BCUT2D eigenvalue weighted by Crippen LogP contribution is -2.40. The van der Waals surface area contributed by atoms with E-state index < -0.39 is 0 Å². The zero-order chi connectivity index (χ0) is 13.9. The van der Waals surface area contributed by atoms with Crippen molar-refractivity contribution < 1.29 is 0 Å². The molecule has 1 aromatic carbocycles. The molecule has 1 aliphatic heterocycles. The Bertz CT molecular complexity index is 465. The summed E-state index contributed by atoms with van der Waals surface area (Å²) in [6, 6.07) is 11.4. The number of hydrogen-bond acceptors (Lipinski definition) is 2. The SMILES string of the molecule is CC(C)(C)c1ccccc1N1CCCCC1CC#N. The van der Waals surface area contributed by atoms with Gasteiger partial charge in [0.2, 0.25) is 0 Å². The predicted octanol–water partition coefficient (Wildman–Crippen LogP) is 4.26. The van der Waals surface area contributed by atoms with E-state index in [-0.39, 0.29) is 5.41 Å². The Morgan fingerprint density at radius 1 is 1.26 bits per heavy atom. The summed E-state index contributed by atoms with van der Waals surface area (Å²) < 4.78 is 0. The number of rotatable bonds is 2. The zero-order valence-electron chi connectivity index (χ0n) is 12.3. The monoisotopic (exact) mass is 256 g/mol. The van der Waals surface area contributed by atoms with Gasteiger partial charge in [-0.25, -0.2) is 0 Å². The molecule has 0 amide bonds. The number of nitrogens with zero attached hydrogens (tertiary/aromatic N) is 2. The van der Waals surface area contributed by atoms with Crippen LogP contribution < -0.4 is 4.90 Å². The molecule has 0 aromatic heterocycles. The topological polar surface area (TPSA) is 27.0 Å². The Morgan fingerprint density at radius 3 is 2.68 bits per heavy atom. The smallest absolute Gasteiger partial charge is 0.0643 e. The van der Waals surface area contributed by atoms with Crippen molar-refractivity contribution in [1.82, 2.24) is 0 Å². The highest BCUT2D eigenvalue weighted by Gasteiger charge is 2.27. The van der Waals surface area contributed by atoms with Crippen LogP contribution in [0.25, 0.3) is 0 Å². The van der Waals surface area contributed by atoms with Crippen molar-refractivity contribution in [2.75, 3.05) is 11.4 Å². The third kappa shape index (κ3) is 3.10. The molecule has 1 atom stereocenters. The summed E-state index contributed by atoms with van der Waals surface area (Å²) in [6.07, 6.45) is 4.27. The lowest BCUT2D eigenvalue weighted by atomic mass is 9.84. The Labute approximate surface area is 117 Å². The molecule has 2 heteroatoms. The molecule has 2 nitrogen and oxygen atoms in total. The zero-order valence-corrected chi connectivity index (χ0v) is 12.3. The molecule has 0 aliphatic carbocycles. The summed E-state index contributed by atoms with van der Waals surface area (Å²) in [7, 11) is 0. The average molecular weight is 256 g/mol. The van der Waals surface area contributed by atoms with Crippen LogP contribution in [0.5, 0.6) is 0 Å². The van der Waals surface area contributed by atoms with Gasteiger partial charge in [0.15, 0.2) is 0 Å². The van der Waals surface area contributed by atoms with Crippen LogP contribution in [-0.4, -0.2) is 12.6 Å². The summed E-state index contributed by atoms with van der Waals surface area (Å²) in [5, 5.41) is 9.04. The van der Waals surface area contributed by atoms with E-state index in [0.29, 0.717) is 12.5 Å². The number of hydrogen-bond donors (Lipinski definition) is 0. The third-order valence-corrected chi connectivity index (χ3v) is 3.98. The number of piperidine rings is 1. The van der Waals surface area contributed by atoms with Crippen LogP contribution >= 0.6 is 0 Å². The van der Waals surface area contributed by atoms with Crippen LogP contribution in [0.3, 0.4) is 0 Å². The van der Waals surface area contributed by atoms with Gasteiger partial charge in [-0.2, -0.15) is 5.26 Å². The van der Waals surface area contributed by atoms with Crippen molar-refractivity contribution in [1.29, 1.82) is 5.26 Å². The molecule has 1 aromatic rings. The third-order valence-electron chi connectivity index (χ3n) is 3.98. The normalized spacial score (nSPS) is 20.1. The van der Waals surface area contributed by atoms with E-state index in [2.05, 4.69) is 56.0 Å². The van der Waals surface area contributed by atoms with E-state index in [1.807, 2.05) is 0 Å². The minimum Gasteiger partial charge on any atom is -0.367 e. The minimum atomic E-state index is 0.144. The van der Waals surface area contributed by atoms with Crippen molar-refractivity contribution in [3.63, 3.8) is 0 Å². The Kier molecular flexibility index (Phi) is 4.14. The number of anilines is 1. The summed E-state index contributed by atoms with van der Waals surface area (Å²) >= 11 is 0. The fraction of sp³-hybridized carbons (Fsp3) is 0.588. The summed E-state index contributed by atoms with van der Waals surface area (Å²) in [5.41, 5.74) is 2.86. The first-order valence-corrected chi connectivity index (χ1v) is 7.27. The molecule has 1 aliphatic rings. The number of para-hydroxylation sites is 1. The van der Waals surface area contributed by atoms with Gasteiger partial charge in [-0.15, -0.1) is 0 Å². The fourth-order valence-corrected chi connectivity index (χ4v) is 2.99. The molecule has 0 spiro atoms. The van der Waals surface area contributed by atoms with Gasteiger partial charge in [0.05, 0.1) is 12.5 Å². The van der Waals surface area contributed by atoms with E-state index in [4.69, 9.17) is 5.26 Å². The van der Waals surface area contributed by atoms with Crippen molar-refractivity contribution >= 4 is 5.69 Å². The maximum Gasteiger partial charge on any atom is 0.0643 e. The van der Waals surface area contributed by atoms with Gasteiger partial charge < -0.3 is 4.90 Å². The van der Waals surface area contributed by atoms with Crippen molar-refractivity contribution in [3.8, 4) is 6.07 Å². The second-order valence-corrected chi connectivity index (χ2v) is 6.47. The van der Waals surface area contributed by atoms with Crippen molar-refractivity contribution in [3.05, 3.63) is 29.8 Å². The summed E-state index contributed by atoms with van der Waals surface area (Å²) in [5.74, 6) is 0. The maximum absolute atomic E-state index is 9.04. The highest BCUT2D eigenvalue weighted by atomic mass is 15.2. The Morgan fingerprint density at radius 2 is 2.00 bits per heavy atom. The molecular formula is C17H24N2. The first-order chi connectivity index (χ1) is 9.04. The van der Waals surface area contributed by atoms with Gasteiger partial charge in [0.1, 0.15) is 0 Å². The number of nitriles is 1. The van der Waals surface area contributed by atoms with E-state index in [1.165, 1.54) is 24.1 Å². The summed E-state index contributed by atoms with van der Waals surface area (Å²) in [4.78, 5) is 2.47. The van der Waals surface area contributed by atoms with E-state index in [9.17, 15) is 0 Å². The maximum atomic E-state index is 9.04. The average Bonchev–Trinajstić information content (AvgIpc) is 2.39. The van der Waals surface area contributed by atoms with Crippen LogP contribution in [0.15, 0.2) is 24.3 Å². The van der Waals surface area contributed by atoms with Crippen LogP contribution in [-0.2, 0) is 5.41 Å². The highest BCUT2D eigenvalue weighted by molar-refractivity contribution is 5.57. The molecule has 2 rings (SSSR count). The quantitative estimate of drug-likeness (QED) is 0.790. The Hall–Kier alpha value is -1.49. The van der Waals surface area contributed by atoms with Gasteiger partial charge >= 0.3 is 0 Å². The molecular weight excluding hydrogens is 232 g/mol. The standard InChI is InChI=1S/C17H24N2/c1-17(2,3)15-9-4-5-10-16(15)19-13-7-6-8-14(19)11-12-18/h4-5,9-10,14H,6-8,11,13H2,1-3H3. The summed E-state index contributed by atoms with van der Waals surface area (Å²) in [6.45, 7) is 7.86. The van der Waals surface area contributed by atoms with Crippen molar-refractivity contribution in [2.24, 2.45) is 0 Å². The van der Waals surface area contributed by atoms with Crippen LogP contribution in [0.1, 0.15) is 52.0 Å². The minimum absolute atomic E-state index is 0.144. The van der Waals surface area contributed by atoms with Crippen LogP contribution in [0.2, 0.25) is 0 Å². The molecule has 19 heavy (non-hydrogen) atoms. The fourth-order valence-electron chi connectivity index (χ4n) is 2.99. The highest BCUT2D eigenvalue weighted by Crippen LogP contribution is 2.35. The molecule has 102 valence electrons. The lowest BCUT2D eigenvalue weighted by molar-refractivity contribution is 0.460. The number of benzene rings is 1. The molecule has 1 unspecified atom stereocenters. The van der Waals surface area contributed by atoms with Gasteiger partial charge in [-0.05, 0) is 36.3 Å². The molecule has 1 heterocycles. The molecule has 0 N–H and O–H groups in total. The molecule has 1 saturated heterocycles. The van der Waals surface area contributed by atoms with Gasteiger partial charge in [0, 0.05) is 18.3 Å². The van der Waals surface area contributed by atoms with Crippen molar-refractivity contribution in [2.45, 2.75) is 57.9 Å². The van der Waals surface area contributed by atoms with Gasteiger partial charge in [-0.1, -0.05) is 39.0 Å². The van der Waals surface area contributed by atoms with E-state index in [0.717, 1.165) is 13.0 Å². The Balaban J connectivity index is 2.37. The molecule has 0 saturated carbocycles. The molecule has 1 fully saturated rings. The predicted molar refractivity (Wildman–Crippen MR) is 80.4 cm³/mol. The van der Waals surface area contributed by atoms with Crippen LogP contribution in [0.4, 0.5) is 5.69 Å². The second-order valence-electron chi connectivity index (χ2n) is 6.47. The lowest BCUT2D eigenvalue weighted by Gasteiger charge is -2.39. The van der Waals surface area contributed by atoms with Crippen LogP contribution in [0, 0.1) is 11.3 Å². The van der Waals surface area contributed by atoms with Gasteiger partial charge in [-0.3, -0.25) is 0 Å². The first-order valence-electron chi connectivity index (χ1n) is 7.27. The second kappa shape index (κ2) is 5.65. The largest absolute Gasteiger partial charge is 0.367 e. The van der Waals surface area contributed by atoms with E-state index >= 15 is 0 Å². The molecule has 0 radical (unpaired) electrons. The van der Waals surface area contributed by atoms with E-state index in [1.54, 1.807) is 0 Å². The van der Waals surface area contributed by atoms with Gasteiger partial charge in [0.25, 0.3) is 0 Å². The first kappa shape index (κ1) is 13.9.